The number of ether oxygens (including phenoxy) is 1. The van der Waals surface area contributed by atoms with Crippen LogP contribution in [0.4, 0.5) is 11.4 Å². The average molecular weight is 333 g/mol. The molecule has 1 aliphatic rings. The summed E-state index contributed by atoms with van der Waals surface area (Å²) in [5, 5.41) is 4.02. The zero-order chi connectivity index (χ0) is 17.1. The zero-order valence-corrected chi connectivity index (χ0v) is 13.8. The van der Waals surface area contributed by atoms with Gasteiger partial charge in [-0.15, -0.1) is 0 Å². The van der Waals surface area contributed by atoms with E-state index in [0.717, 1.165) is 35.4 Å². The maximum Gasteiger partial charge on any atom is 0.257 e. The van der Waals surface area contributed by atoms with Crippen LogP contribution in [0.25, 0.3) is 10.9 Å². The van der Waals surface area contributed by atoms with Crippen molar-refractivity contribution < 1.29 is 9.53 Å². The SMILES string of the molecule is O=C(Nc1cccc2cccnc12)c1ccccc1N1CCOCC1. The summed E-state index contributed by atoms with van der Waals surface area (Å²) in [6, 6.07) is 17.4. The minimum absolute atomic E-state index is 0.125. The van der Waals surface area contributed by atoms with Gasteiger partial charge in [0.1, 0.15) is 0 Å². The molecule has 1 aromatic heterocycles. The number of amides is 1. The molecule has 2 heterocycles. The minimum Gasteiger partial charge on any atom is -0.378 e. The Hall–Kier alpha value is -2.92. The van der Waals surface area contributed by atoms with E-state index in [0.29, 0.717) is 18.8 Å². The number of para-hydroxylation sites is 2. The third kappa shape index (κ3) is 3.19. The molecule has 0 atom stereocenters. The molecule has 1 fully saturated rings. The highest BCUT2D eigenvalue weighted by atomic mass is 16.5. The van der Waals surface area contributed by atoms with Crippen molar-refractivity contribution in [2.24, 2.45) is 0 Å². The Labute approximate surface area is 146 Å². The van der Waals surface area contributed by atoms with Crippen molar-refractivity contribution in [3.63, 3.8) is 0 Å². The van der Waals surface area contributed by atoms with Crippen LogP contribution in [0.1, 0.15) is 10.4 Å². The molecule has 0 aliphatic carbocycles. The maximum atomic E-state index is 12.9. The van der Waals surface area contributed by atoms with Gasteiger partial charge in [-0.3, -0.25) is 9.78 Å². The van der Waals surface area contributed by atoms with Gasteiger partial charge in [0.25, 0.3) is 5.91 Å². The topological polar surface area (TPSA) is 54.5 Å². The number of fused-ring (bicyclic) bond motifs is 1. The Bertz CT molecular complexity index is 899. The van der Waals surface area contributed by atoms with E-state index in [1.807, 2.05) is 54.6 Å². The average Bonchev–Trinajstić information content (AvgIpc) is 2.69. The molecule has 1 N–H and O–H groups in total. The number of hydrogen-bond donors (Lipinski definition) is 1. The van der Waals surface area contributed by atoms with Crippen LogP contribution in [0.5, 0.6) is 0 Å². The Kier molecular flexibility index (Phi) is 4.31. The Morgan fingerprint density at radius 3 is 2.68 bits per heavy atom. The van der Waals surface area contributed by atoms with E-state index in [4.69, 9.17) is 4.74 Å². The maximum absolute atomic E-state index is 12.9. The van der Waals surface area contributed by atoms with Gasteiger partial charge in [-0.2, -0.15) is 0 Å². The number of nitrogens with one attached hydrogen (secondary N) is 1. The van der Waals surface area contributed by atoms with Crippen LogP contribution in [0.3, 0.4) is 0 Å². The predicted molar refractivity (Wildman–Crippen MR) is 99.2 cm³/mol. The third-order valence-electron chi connectivity index (χ3n) is 4.38. The van der Waals surface area contributed by atoms with E-state index in [-0.39, 0.29) is 5.91 Å². The summed E-state index contributed by atoms with van der Waals surface area (Å²) in [6.45, 7) is 2.95. The number of pyridine rings is 1. The normalized spacial score (nSPS) is 14.5. The highest BCUT2D eigenvalue weighted by Gasteiger charge is 2.19. The number of aromatic nitrogens is 1. The van der Waals surface area contributed by atoms with Gasteiger partial charge in [0.05, 0.1) is 30.0 Å². The fourth-order valence-corrected chi connectivity index (χ4v) is 3.14. The summed E-state index contributed by atoms with van der Waals surface area (Å²) in [4.78, 5) is 19.5. The first-order valence-corrected chi connectivity index (χ1v) is 8.40. The summed E-state index contributed by atoms with van der Waals surface area (Å²) in [5.41, 5.74) is 3.12. The molecule has 2 aromatic carbocycles. The molecule has 0 bridgehead atoms. The van der Waals surface area contributed by atoms with Crippen LogP contribution in [-0.4, -0.2) is 37.2 Å². The van der Waals surface area contributed by atoms with Gasteiger partial charge < -0.3 is 15.0 Å². The van der Waals surface area contributed by atoms with E-state index in [1.54, 1.807) is 6.20 Å². The van der Waals surface area contributed by atoms with E-state index < -0.39 is 0 Å². The Balaban J connectivity index is 1.65. The molecule has 0 unspecified atom stereocenters. The minimum atomic E-state index is -0.125. The van der Waals surface area contributed by atoms with Crippen molar-refractivity contribution in [1.29, 1.82) is 0 Å². The number of nitrogens with zero attached hydrogens (tertiary/aromatic N) is 2. The van der Waals surface area contributed by atoms with Gasteiger partial charge in [0.15, 0.2) is 0 Å². The molecule has 1 aliphatic heterocycles. The van der Waals surface area contributed by atoms with Crippen molar-refractivity contribution >= 4 is 28.2 Å². The van der Waals surface area contributed by atoms with Crippen LogP contribution >= 0.6 is 0 Å². The summed E-state index contributed by atoms with van der Waals surface area (Å²) in [5.74, 6) is -0.125. The first-order valence-electron chi connectivity index (χ1n) is 8.40. The summed E-state index contributed by atoms with van der Waals surface area (Å²) >= 11 is 0. The molecule has 25 heavy (non-hydrogen) atoms. The first-order chi connectivity index (χ1) is 12.3. The van der Waals surface area contributed by atoms with E-state index in [2.05, 4.69) is 15.2 Å². The Morgan fingerprint density at radius 2 is 1.80 bits per heavy atom. The molecule has 0 saturated carbocycles. The quantitative estimate of drug-likeness (QED) is 0.799. The smallest absolute Gasteiger partial charge is 0.257 e. The number of carbonyl (C=O) groups is 1. The lowest BCUT2D eigenvalue weighted by molar-refractivity contribution is 0.102. The fraction of sp³-hybridized carbons (Fsp3) is 0.200. The molecule has 1 amide bonds. The van der Waals surface area contributed by atoms with Crippen molar-refractivity contribution in [2.45, 2.75) is 0 Å². The van der Waals surface area contributed by atoms with Gasteiger partial charge in [-0.05, 0) is 24.3 Å². The van der Waals surface area contributed by atoms with Crippen molar-refractivity contribution in [3.05, 3.63) is 66.4 Å². The van der Waals surface area contributed by atoms with Gasteiger partial charge in [0, 0.05) is 30.4 Å². The number of anilines is 2. The molecule has 1 saturated heterocycles. The third-order valence-corrected chi connectivity index (χ3v) is 4.38. The van der Waals surface area contributed by atoms with Crippen LogP contribution < -0.4 is 10.2 Å². The van der Waals surface area contributed by atoms with Crippen LogP contribution in [-0.2, 0) is 4.74 Å². The number of rotatable bonds is 3. The molecule has 0 spiro atoms. The van der Waals surface area contributed by atoms with Gasteiger partial charge in [0.2, 0.25) is 0 Å². The number of morpholine rings is 1. The van der Waals surface area contributed by atoms with Crippen LogP contribution in [0, 0.1) is 0 Å². The lowest BCUT2D eigenvalue weighted by Crippen LogP contribution is -2.37. The predicted octanol–water partition coefficient (Wildman–Crippen LogP) is 3.32. The molecule has 5 heteroatoms. The molecule has 4 rings (SSSR count). The molecular formula is C20H19N3O2. The van der Waals surface area contributed by atoms with Crippen molar-refractivity contribution in [1.82, 2.24) is 4.98 Å². The van der Waals surface area contributed by atoms with Gasteiger partial charge in [-0.1, -0.05) is 30.3 Å². The van der Waals surface area contributed by atoms with Gasteiger partial charge in [-0.25, -0.2) is 0 Å². The second-order valence-corrected chi connectivity index (χ2v) is 5.95. The van der Waals surface area contributed by atoms with E-state index in [1.165, 1.54) is 0 Å². The monoisotopic (exact) mass is 333 g/mol. The van der Waals surface area contributed by atoms with E-state index in [9.17, 15) is 4.79 Å². The lowest BCUT2D eigenvalue weighted by atomic mass is 10.1. The Morgan fingerprint density at radius 1 is 1.00 bits per heavy atom. The molecule has 0 radical (unpaired) electrons. The van der Waals surface area contributed by atoms with Crippen molar-refractivity contribution in [2.75, 3.05) is 36.5 Å². The summed E-state index contributed by atoms with van der Waals surface area (Å²) < 4.78 is 5.41. The number of benzene rings is 2. The number of carbonyl (C=O) groups excluding carboxylic acids is 1. The van der Waals surface area contributed by atoms with Crippen molar-refractivity contribution in [3.8, 4) is 0 Å². The van der Waals surface area contributed by atoms with Crippen LogP contribution in [0.2, 0.25) is 0 Å². The standard InChI is InChI=1S/C20H19N3O2/c24-20(22-17-8-3-5-15-6-4-10-21-19(15)17)16-7-1-2-9-18(16)23-11-13-25-14-12-23/h1-10H,11-14H2,(H,22,24). The highest BCUT2D eigenvalue weighted by Crippen LogP contribution is 2.25. The molecule has 126 valence electrons. The first kappa shape index (κ1) is 15.6. The van der Waals surface area contributed by atoms with Crippen LogP contribution in [0.15, 0.2) is 60.8 Å². The fourth-order valence-electron chi connectivity index (χ4n) is 3.14. The second kappa shape index (κ2) is 6.91. The summed E-state index contributed by atoms with van der Waals surface area (Å²) in [7, 11) is 0. The van der Waals surface area contributed by atoms with E-state index >= 15 is 0 Å². The molecular weight excluding hydrogens is 314 g/mol. The zero-order valence-electron chi connectivity index (χ0n) is 13.8. The molecule has 5 nitrogen and oxygen atoms in total. The largest absolute Gasteiger partial charge is 0.378 e. The lowest BCUT2D eigenvalue weighted by Gasteiger charge is -2.30. The molecule has 3 aromatic rings. The highest BCUT2D eigenvalue weighted by molar-refractivity contribution is 6.11. The second-order valence-electron chi connectivity index (χ2n) is 5.95. The number of hydrogen-bond acceptors (Lipinski definition) is 4. The summed E-state index contributed by atoms with van der Waals surface area (Å²) in [6.07, 6.45) is 1.74. The van der Waals surface area contributed by atoms with Gasteiger partial charge >= 0.3 is 0 Å².